The van der Waals surface area contributed by atoms with Crippen LogP contribution in [0, 0.1) is 0 Å². The largest absolute Gasteiger partial charge is 0.486 e. The molecule has 0 radical (unpaired) electrons. The van der Waals surface area contributed by atoms with E-state index in [0.29, 0.717) is 37.3 Å². The number of aromatic nitrogens is 3. The van der Waals surface area contributed by atoms with Gasteiger partial charge < -0.3 is 14.8 Å². The summed E-state index contributed by atoms with van der Waals surface area (Å²) in [5.74, 6) is 2.85. The molecular weight excluding hydrogens is 416 g/mol. The summed E-state index contributed by atoms with van der Waals surface area (Å²) >= 11 is 0. The molecule has 2 aliphatic heterocycles. The average molecular weight is 443 g/mol. The van der Waals surface area contributed by atoms with E-state index >= 15 is 0 Å². The Bertz CT molecular complexity index is 1260. The lowest BCUT2D eigenvalue weighted by molar-refractivity contribution is -0.116. The molecule has 1 N–H and O–H groups in total. The monoisotopic (exact) mass is 442 g/mol. The first kappa shape index (κ1) is 20.0. The first-order chi connectivity index (χ1) is 16.1. The lowest BCUT2D eigenvalue weighted by atomic mass is 9.77. The van der Waals surface area contributed by atoms with Crippen LogP contribution in [0.15, 0.2) is 60.1 Å². The minimum Gasteiger partial charge on any atom is -0.486 e. The molecule has 0 amide bonds. The van der Waals surface area contributed by atoms with E-state index < -0.39 is 0 Å². The van der Waals surface area contributed by atoms with Crippen LogP contribution in [0.5, 0.6) is 11.5 Å². The molecule has 0 bridgehead atoms. The number of nitrogens with one attached hydrogen (secondary N) is 1. The molecular formula is C26H26N4O3. The fourth-order valence-electron chi connectivity index (χ4n) is 5.08. The highest BCUT2D eigenvalue weighted by molar-refractivity contribution is 6.00. The smallest absolute Gasteiger partial charge is 0.226 e. The summed E-state index contributed by atoms with van der Waals surface area (Å²) in [4.78, 5) is 18.0. The van der Waals surface area contributed by atoms with E-state index in [0.717, 1.165) is 29.0 Å². The quantitative estimate of drug-likeness (QED) is 0.639. The molecule has 1 aromatic heterocycles. The number of hydrogen-bond donors (Lipinski definition) is 1. The van der Waals surface area contributed by atoms with Crippen LogP contribution in [-0.2, 0) is 4.79 Å². The number of anilines is 1. The van der Waals surface area contributed by atoms with Crippen molar-refractivity contribution in [3.63, 3.8) is 0 Å². The minimum atomic E-state index is -0.341. The highest BCUT2D eigenvalue weighted by atomic mass is 16.6. The number of ether oxygens (including phenoxy) is 2. The van der Waals surface area contributed by atoms with Gasteiger partial charge in [0, 0.05) is 17.7 Å². The Hall–Kier alpha value is -3.61. The second-order valence-electron chi connectivity index (χ2n) is 9.20. The van der Waals surface area contributed by atoms with Crippen molar-refractivity contribution in [2.24, 2.45) is 0 Å². The molecule has 0 saturated carbocycles. The van der Waals surface area contributed by atoms with E-state index in [4.69, 9.17) is 9.47 Å². The molecule has 7 heteroatoms. The van der Waals surface area contributed by atoms with E-state index in [2.05, 4.69) is 53.5 Å². The second-order valence-corrected chi connectivity index (χ2v) is 9.20. The number of allylic oxidation sites excluding steroid dienone is 2. The summed E-state index contributed by atoms with van der Waals surface area (Å²) in [6.45, 7) is 5.44. The van der Waals surface area contributed by atoms with Gasteiger partial charge in [-0.05, 0) is 47.1 Å². The van der Waals surface area contributed by atoms with E-state index in [-0.39, 0.29) is 17.7 Å². The summed E-state index contributed by atoms with van der Waals surface area (Å²) in [5.41, 5.74) is 5.14. The van der Waals surface area contributed by atoms with Gasteiger partial charge in [0.2, 0.25) is 5.95 Å². The first-order valence-corrected chi connectivity index (χ1v) is 11.5. The summed E-state index contributed by atoms with van der Waals surface area (Å²) < 4.78 is 13.3. The predicted octanol–water partition coefficient (Wildman–Crippen LogP) is 4.59. The topological polar surface area (TPSA) is 78.3 Å². The zero-order valence-corrected chi connectivity index (χ0v) is 18.7. The lowest BCUT2D eigenvalue weighted by Gasteiger charge is -2.35. The molecule has 0 saturated heterocycles. The van der Waals surface area contributed by atoms with Crippen LogP contribution >= 0.6 is 0 Å². The van der Waals surface area contributed by atoms with Gasteiger partial charge in [-0.3, -0.25) is 4.79 Å². The fraction of sp³-hybridized carbons (Fsp3) is 0.346. The van der Waals surface area contributed by atoms with Gasteiger partial charge in [0.25, 0.3) is 0 Å². The standard InChI is InChI=1S/C26H26N4O3/c1-15(2)16-3-5-17(6-4-16)19-11-20-24(21(31)12-19)25(30-26(29-20)27-14-28-30)18-7-8-22-23(13-18)33-10-9-32-22/h3-8,13-15,19,25H,9-12H2,1-2H3,(H,27,28,29). The molecule has 3 heterocycles. The van der Waals surface area contributed by atoms with Crippen LogP contribution in [0.1, 0.15) is 61.3 Å². The molecule has 2 unspecified atom stereocenters. The third-order valence-electron chi connectivity index (χ3n) is 6.82. The molecule has 2 atom stereocenters. The van der Waals surface area contributed by atoms with Gasteiger partial charge in [0.05, 0.1) is 0 Å². The average Bonchev–Trinajstić information content (AvgIpc) is 3.30. The number of fused-ring (bicyclic) bond motifs is 2. The van der Waals surface area contributed by atoms with E-state index in [9.17, 15) is 4.79 Å². The molecule has 168 valence electrons. The zero-order valence-electron chi connectivity index (χ0n) is 18.7. The first-order valence-electron chi connectivity index (χ1n) is 11.5. The molecule has 3 aromatic rings. The van der Waals surface area contributed by atoms with Gasteiger partial charge in [-0.1, -0.05) is 44.2 Å². The summed E-state index contributed by atoms with van der Waals surface area (Å²) in [6, 6.07) is 14.2. The highest BCUT2D eigenvalue weighted by Crippen LogP contribution is 2.45. The van der Waals surface area contributed by atoms with Crippen molar-refractivity contribution in [3.8, 4) is 11.5 Å². The highest BCUT2D eigenvalue weighted by Gasteiger charge is 2.39. The Morgan fingerprint density at radius 1 is 1.00 bits per heavy atom. The number of carbonyl (C=O) groups excluding carboxylic acids is 1. The maximum Gasteiger partial charge on any atom is 0.226 e. The molecule has 0 fully saturated rings. The van der Waals surface area contributed by atoms with Crippen molar-refractivity contribution in [2.45, 2.75) is 44.6 Å². The van der Waals surface area contributed by atoms with Crippen molar-refractivity contribution >= 4 is 11.7 Å². The van der Waals surface area contributed by atoms with Crippen molar-refractivity contribution in [1.29, 1.82) is 0 Å². The molecule has 33 heavy (non-hydrogen) atoms. The number of nitrogens with zero attached hydrogens (tertiary/aromatic N) is 3. The van der Waals surface area contributed by atoms with Gasteiger partial charge in [-0.15, -0.1) is 0 Å². The van der Waals surface area contributed by atoms with Crippen LogP contribution in [0.3, 0.4) is 0 Å². The Kier molecular flexibility index (Phi) is 4.71. The van der Waals surface area contributed by atoms with Crippen molar-refractivity contribution in [3.05, 3.63) is 76.8 Å². The molecule has 1 aliphatic carbocycles. The van der Waals surface area contributed by atoms with Crippen LogP contribution in [0.2, 0.25) is 0 Å². The fourth-order valence-corrected chi connectivity index (χ4v) is 5.08. The number of hydrogen-bond acceptors (Lipinski definition) is 6. The Morgan fingerprint density at radius 2 is 1.76 bits per heavy atom. The Labute approximate surface area is 192 Å². The van der Waals surface area contributed by atoms with Crippen LogP contribution in [0.4, 0.5) is 5.95 Å². The number of carbonyl (C=O) groups is 1. The number of Topliss-reactive ketones (excluding diaryl/α,β-unsaturated/α-hetero) is 1. The van der Waals surface area contributed by atoms with Gasteiger partial charge in [0.15, 0.2) is 17.3 Å². The third-order valence-corrected chi connectivity index (χ3v) is 6.82. The van der Waals surface area contributed by atoms with Gasteiger partial charge in [-0.2, -0.15) is 10.1 Å². The van der Waals surface area contributed by atoms with E-state index in [1.165, 1.54) is 17.5 Å². The SMILES string of the molecule is CC(C)c1ccc(C2CC(=O)C3=C(C2)Nc2ncnn2C3c2ccc3c(c2)OCCO3)cc1. The molecule has 6 rings (SSSR count). The van der Waals surface area contributed by atoms with Gasteiger partial charge in [0.1, 0.15) is 25.6 Å². The molecule has 0 spiro atoms. The lowest BCUT2D eigenvalue weighted by Crippen LogP contribution is -2.33. The second kappa shape index (κ2) is 7.76. The normalized spacial score (nSPS) is 21.5. The molecule has 2 aromatic carbocycles. The number of benzene rings is 2. The van der Waals surface area contributed by atoms with Crippen LogP contribution in [0.25, 0.3) is 0 Å². The summed E-state index contributed by atoms with van der Waals surface area (Å²) in [7, 11) is 0. The third kappa shape index (κ3) is 3.39. The summed E-state index contributed by atoms with van der Waals surface area (Å²) in [6.07, 6.45) is 2.76. The van der Waals surface area contributed by atoms with Crippen molar-refractivity contribution in [2.75, 3.05) is 18.5 Å². The predicted molar refractivity (Wildman–Crippen MR) is 124 cm³/mol. The number of rotatable bonds is 3. The minimum absolute atomic E-state index is 0.139. The Morgan fingerprint density at radius 3 is 2.55 bits per heavy atom. The molecule has 7 nitrogen and oxygen atoms in total. The van der Waals surface area contributed by atoms with E-state index in [1.54, 1.807) is 4.68 Å². The van der Waals surface area contributed by atoms with Gasteiger partial charge in [-0.25, -0.2) is 4.68 Å². The Balaban J connectivity index is 1.39. The van der Waals surface area contributed by atoms with E-state index in [1.807, 2.05) is 18.2 Å². The van der Waals surface area contributed by atoms with Crippen LogP contribution in [-0.4, -0.2) is 33.8 Å². The maximum absolute atomic E-state index is 13.6. The maximum atomic E-state index is 13.6. The van der Waals surface area contributed by atoms with Crippen LogP contribution < -0.4 is 14.8 Å². The van der Waals surface area contributed by atoms with Crippen molar-refractivity contribution in [1.82, 2.24) is 14.8 Å². The van der Waals surface area contributed by atoms with Gasteiger partial charge >= 0.3 is 0 Å². The zero-order chi connectivity index (χ0) is 22.5. The van der Waals surface area contributed by atoms with Crippen molar-refractivity contribution < 1.29 is 14.3 Å². The number of ketones is 1. The summed E-state index contributed by atoms with van der Waals surface area (Å²) in [5, 5.41) is 7.83. The molecule has 3 aliphatic rings.